The number of aromatic nitrogens is 2. The van der Waals surface area contributed by atoms with E-state index < -0.39 is 0 Å². The topological polar surface area (TPSA) is 37.9 Å². The van der Waals surface area contributed by atoms with Crippen LogP contribution in [0, 0.1) is 0 Å². The molecule has 2 heterocycles. The summed E-state index contributed by atoms with van der Waals surface area (Å²) in [7, 11) is 0. The number of imidazole rings is 1. The van der Waals surface area contributed by atoms with Crippen molar-refractivity contribution in [3.8, 4) is 0 Å². The second-order valence-electron chi connectivity index (χ2n) is 4.47. The van der Waals surface area contributed by atoms with Gasteiger partial charge in [0.05, 0.1) is 16.6 Å². The molecule has 1 aliphatic rings. The average molecular weight is 251 g/mol. The largest absolute Gasteiger partial charge is 0.377 e. The molecule has 0 radical (unpaired) electrons. The zero-order valence-electron chi connectivity index (χ0n) is 9.74. The Labute approximate surface area is 105 Å². The molecule has 0 saturated carbocycles. The fourth-order valence-corrected chi connectivity index (χ4v) is 2.77. The molecule has 0 spiro atoms. The molecule has 3 rings (SSSR count). The van der Waals surface area contributed by atoms with E-state index in [0.29, 0.717) is 10.9 Å². The number of benzene rings is 1. The van der Waals surface area contributed by atoms with Gasteiger partial charge in [-0.15, -0.1) is 0 Å². The molecule has 1 fully saturated rings. The highest BCUT2D eigenvalue weighted by atomic mass is 35.5. The van der Waals surface area contributed by atoms with E-state index in [-0.39, 0.29) is 6.10 Å². The lowest BCUT2D eigenvalue weighted by Crippen LogP contribution is -2.14. The van der Waals surface area contributed by atoms with Gasteiger partial charge in [-0.3, -0.25) is 0 Å². The van der Waals surface area contributed by atoms with Crippen molar-refractivity contribution in [1.82, 2.24) is 9.97 Å². The summed E-state index contributed by atoms with van der Waals surface area (Å²) in [5.74, 6) is 1.39. The van der Waals surface area contributed by atoms with Gasteiger partial charge in [-0.1, -0.05) is 24.6 Å². The fraction of sp³-hybridized carbons (Fsp3) is 0.462. The monoisotopic (exact) mass is 250 g/mol. The molecule has 1 N–H and O–H groups in total. The van der Waals surface area contributed by atoms with Crippen molar-refractivity contribution in [1.29, 1.82) is 0 Å². The van der Waals surface area contributed by atoms with Crippen LogP contribution in [0.25, 0.3) is 11.0 Å². The molecule has 3 nitrogen and oxygen atoms in total. The highest BCUT2D eigenvalue weighted by Gasteiger charge is 2.30. The van der Waals surface area contributed by atoms with E-state index >= 15 is 0 Å². The highest BCUT2D eigenvalue weighted by Crippen LogP contribution is 2.33. The Bertz CT molecular complexity index is 537. The number of hydrogen-bond acceptors (Lipinski definition) is 2. The molecule has 1 aliphatic heterocycles. The summed E-state index contributed by atoms with van der Waals surface area (Å²) in [5, 5.41) is 0.706. The quantitative estimate of drug-likeness (QED) is 0.886. The number of fused-ring (bicyclic) bond motifs is 1. The second-order valence-corrected chi connectivity index (χ2v) is 4.88. The summed E-state index contributed by atoms with van der Waals surface area (Å²) in [6.07, 6.45) is 2.35. The third-order valence-corrected chi connectivity index (χ3v) is 3.75. The Morgan fingerprint density at radius 1 is 1.53 bits per heavy atom. The third-order valence-electron chi connectivity index (χ3n) is 3.44. The van der Waals surface area contributed by atoms with Crippen molar-refractivity contribution in [3.63, 3.8) is 0 Å². The lowest BCUT2D eigenvalue weighted by molar-refractivity contribution is 0.0996. The van der Waals surface area contributed by atoms with Crippen LogP contribution in [0.2, 0.25) is 5.02 Å². The molecular weight excluding hydrogens is 236 g/mol. The van der Waals surface area contributed by atoms with E-state index in [9.17, 15) is 0 Å². The van der Waals surface area contributed by atoms with Gasteiger partial charge >= 0.3 is 0 Å². The Morgan fingerprint density at radius 3 is 3.18 bits per heavy atom. The fourth-order valence-electron chi connectivity index (χ4n) is 2.56. The Morgan fingerprint density at radius 2 is 2.41 bits per heavy atom. The van der Waals surface area contributed by atoms with Crippen LogP contribution in [0.1, 0.15) is 31.5 Å². The van der Waals surface area contributed by atoms with E-state index in [0.717, 1.165) is 36.3 Å². The first-order valence-corrected chi connectivity index (χ1v) is 6.43. The van der Waals surface area contributed by atoms with Crippen molar-refractivity contribution >= 4 is 22.6 Å². The minimum absolute atomic E-state index is 0.286. The van der Waals surface area contributed by atoms with Gasteiger partial charge in [-0.25, -0.2) is 4.98 Å². The number of halogens is 1. The van der Waals surface area contributed by atoms with E-state index in [1.807, 2.05) is 18.2 Å². The maximum Gasteiger partial charge on any atom is 0.113 e. The number of para-hydroxylation sites is 1. The van der Waals surface area contributed by atoms with Crippen molar-refractivity contribution in [2.24, 2.45) is 0 Å². The Hall–Kier alpha value is -1.06. The molecule has 2 aromatic rings. The van der Waals surface area contributed by atoms with Crippen LogP contribution < -0.4 is 0 Å². The van der Waals surface area contributed by atoms with Crippen molar-refractivity contribution < 1.29 is 4.74 Å². The molecule has 2 atom stereocenters. The molecule has 90 valence electrons. The van der Waals surface area contributed by atoms with Crippen molar-refractivity contribution in [2.45, 2.75) is 31.8 Å². The summed E-state index contributed by atoms with van der Waals surface area (Å²) in [6, 6.07) is 5.82. The standard InChI is InChI=1S/C13H15ClN2O/c1-2-11-8(6-7-17-11)13-15-10-5-3-4-9(14)12(10)16-13/h3-5,8,11H,2,6-7H2,1H3,(H,15,16). The van der Waals surface area contributed by atoms with Crippen LogP contribution >= 0.6 is 11.6 Å². The van der Waals surface area contributed by atoms with E-state index in [2.05, 4.69) is 16.9 Å². The maximum absolute atomic E-state index is 6.13. The summed E-state index contributed by atoms with van der Waals surface area (Å²) < 4.78 is 5.70. The minimum atomic E-state index is 0.286. The number of nitrogens with one attached hydrogen (secondary N) is 1. The first-order valence-electron chi connectivity index (χ1n) is 6.05. The third kappa shape index (κ3) is 1.83. The minimum Gasteiger partial charge on any atom is -0.377 e. The molecule has 4 heteroatoms. The Balaban J connectivity index is 2.03. The van der Waals surface area contributed by atoms with Crippen molar-refractivity contribution in [3.05, 3.63) is 29.0 Å². The number of aromatic amines is 1. The number of H-pyrrole nitrogens is 1. The molecule has 1 aromatic carbocycles. The molecule has 2 unspecified atom stereocenters. The predicted molar refractivity (Wildman–Crippen MR) is 68.5 cm³/mol. The van der Waals surface area contributed by atoms with Crippen LogP contribution in [0.15, 0.2) is 18.2 Å². The molecule has 1 aromatic heterocycles. The number of rotatable bonds is 2. The molecule has 1 saturated heterocycles. The lowest BCUT2D eigenvalue weighted by atomic mass is 9.99. The summed E-state index contributed by atoms with van der Waals surface area (Å²) in [4.78, 5) is 7.99. The van der Waals surface area contributed by atoms with Gasteiger partial charge in [0.2, 0.25) is 0 Å². The van der Waals surface area contributed by atoms with Gasteiger partial charge in [-0.2, -0.15) is 0 Å². The van der Waals surface area contributed by atoms with Gasteiger partial charge in [0.1, 0.15) is 11.3 Å². The molecular formula is C13H15ClN2O. The zero-order valence-corrected chi connectivity index (χ0v) is 10.5. The van der Waals surface area contributed by atoms with Crippen LogP contribution in [0.5, 0.6) is 0 Å². The van der Waals surface area contributed by atoms with Gasteiger partial charge in [0.25, 0.3) is 0 Å². The molecule has 0 aliphatic carbocycles. The molecule has 17 heavy (non-hydrogen) atoms. The van der Waals surface area contributed by atoms with E-state index in [4.69, 9.17) is 16.3 Å². The van der Waals surface area contributed by atoms with Gasteiger partial charge in [0.15, 0.2) is 0 Å². The highest BCUT2D eigenvalue weighted by molar-refractivity contribution is 6.34. The zero-order chi connectivity index (χ0) is 11.8. The molecule has 0 amide bonds. The lowest BCUT2D eigenvalue weighted by Gasteiger charge is -2.13. The molecule has 0 bridgehead atoms. The number of hydrogen-bond donors (Lipinski definition) is 1. The van der Waals surface area contributed by atoms with Gasteiger partial charge < -0.3 is 9.72 Å². The first-order chi connectivity index (χ1) is 8.29. The maximum atomic E-state index is 6.13. The van der Waals surface area contributed by atoms with E-state index in [1.54, 1.807) is 0 Å². The van der Waals surface area contributed by atoms with Crippen LogP contribution in [-0.2, 0) is 4.74 Å². The second kappa shape index (κ2) is 4.31. The number of nitrogens with zero attached hydrogens (tertiary/aromatic N) is 1. The average Bonchev–Trinajstić information content (AvgIpc) is 2.94. The Kier molecular flexibility index (Phi) is 2.81. The SMILES string of the molecule is CCC1OCCC1c1nc2c(Cl)cccc2[nH]1. The smallest absolute Gasteiger partial charge is 0.113 e. The van der Waals surface area contributed by atoms with Crippen LogP contribution in [-0.4, -0.2) is 22.7 Å². The summed E-state index contributed by atoms with van der Waals surface area (Å²) in [6.45, 7) is 2.98. The summed E-state index contributed by atoms with van der Waals surface area (Å²) in [5.41, 5.74) is 1.88. The van der Waals surface area contributed by atoms with Crippen molar-refractivity contribution in [2.75, 3.05) is 6.61 Å². The predicted octanol–water partition coefficient (Wildman–Crippen LogP) is 3.50. The van der Waals surface area contributed by atoms with Crippen LogP contribution in [0.3, 0.4) is 0 Å². The first kappa shape index (κ1) is 11.1. The van der Waals surface area contributed by atoms with E-state index in [1.165, 1.54) is 0 Å². The number of ether oxygens (including phenoxy) is 1. The summed E-state index contributed by atoms with van der Waals surface area (Å²) >= 11 is 6.13. The van der Waals surface area contributed by atoms with Gasteiger partial charge in [0, 0.05) is 12.5 Å². The van der Waals surface area contributed by atoms with Gasteiger partial charge in [-0.05, 0) is 25.0 Å². The van der Waals surface area contributed by atoms with Crippen LogP contribution in [0.4, 0.5) is 0 Å². The normalized spacial score (nSPS) is 24.6.